The van der Waals surface area contributed by atoms with Crippen LogP contribution in [0.4, 0.5) is 0 Å². The van der Waals surface area contributed by atoms with Crippen molar-refractivity contribution in [1.29, 1.82) is 0 Å². The maximum Gasteiger partial charge on any atom is 0.303 e. The molecule has 0 aromatic heterocycles. The molecule has 18 nitrogen and oxygen atoms in total. The van der Waals surface area contributed by atoms with Gasteiger partial charge in [0.2, 0.25) is 41.4 Å². The molecule has 0 bridgehead atoms. The standard InChI is InChI=1S/C41H57N7O11S/c1-25(2)21-30(39(57)46-28(37(42)55)19-20-60-4)45-34(50)24-43-40(58)32(23-27-13-9-6-10-14-27)48(3)41(59)31(22-26-11-7-5-8-12-26)47-38(56)29(15-17-35(51)52)44-33(49)16-18-36(53)54/h5-14,25,28-32H,15-24H2,1-4H3,(H2,42,55)(H,43,58)(H,44,49)(H,45,50)(H,46,57)(H,47,56)(H,51,52)(H,53,54)/t28-,29+,30-,31-,32-/m0/s1. The molecule has 19 heteroatoms. The molecule has 2 aromatic carbocycles. The summed E-state index contributed by atoms with van der Waals surface area (Å²) < 4.78 is 0. The number of hydrogen-bond acceptors (Lipinski definition) is 10. The number of amides is 7. The fourth-order valence-corrected chi connectivity index (χ4v) is 6.49. The second kappa shape index (κ2) is 26.2. The Kier molecular flexibility index (Phi) is 21.9. The average Bonchev–Trinajstić information content (AvgIpc) is 3.20. The monoisotopic (exact) mass is 855 g/mol. The van der Waals surface area contributed by atoms with Gasteiger partial charge in [0.1, 0.15) is 30.2 Å². The number of carbonyl (C=O) groups excluding carboxylic acids is 7. The molecule has 0 unspecified atom stereocenters. The van der Waals surface area contributed by atoms with Crippen molar-refractivity contribution in [2.24, 2.45) is 11.7 Å². The number of benzene rings is 2. The van der Waals surface area contributed by atoms with E-state index in [0.29, 0.717) is 23.3 Å². The summed E-state index contributed by atoms with van der Waals surface area (Å²) in [5.74, 6) is -7.25. The lowest BCUT2D eigenvalue weighted by Crippen LogP contribution is -2.59. The molecule has 0 saturated carbocycles. The van der Waals surface area contributed by atoms with Gasteiger partial charge in [0, 0.05) is 32.7 Å². The number of primary amides is 1. The van der Waals surface area contributed by atoms with Crippen molar-refractivity contribution in [2.75, 3.05) is 25.6 Å². The topological polar surface area (TPSA) is 283 Å². The van der Waals surface area contributed by atoms with Gasteiger partial charge >= 0.3 is 11.9 Å². The largest absolute Gasteiger partial charge is 0.481 e. The number of aliphatic carboxylic acids is 2. The molecule has 0 saturated heterocycles. The Morgan fingerprint density at radius 1 is 0.650 bits per heavy atom. The summed E-state index contributed by atoms with van der Waals surface area (Å²) in [6.45, 7) is 3.10. The molecular formula is C41H57N7O11S. The van der Waals surface area contributed by atoms with Gasteiger partial charge in [-0.05, 0) is 48.3 Å². The fourth-order valence-electron chi connectivity index (χ4n) is 6.02. The first-order chi connectivity index (χ1) is 28.4. The van der Waals surface area contributed by atoms with Gasteiger partial charge in [-0.25, -0.2) is 0 Å². The van der Waals surface area contributed by atoms with Crippen LogP contribution in [0.25, 0.3) is 0 Å². The molecule has 7 amide bonds. The number of carboxylic acid groups (broad SMARTS) is 2. The minimum atomic E-state index is -1.45. The molecule has 9 N–H and O–H groups in total. The second-order valence-corrected chi connectivity index (χ2v) is 15.5. The highest BCUT2D eigenvalue weighted by molar-refractivity contribution is 7.98. The minimum absolute atomic E-state index is 0.0215. The first-order valence-electron chi connectivity index (χ1n) is 19.4. The van der Waals surface area contributed by atoms with Crippen molar-refractivity contribution < 1.29 is 53.4 Å². The van der Waals surface area contributed by atoms with Gasteiger partial charge in [0.15, 0.2) is 0 Å². The zero-order valence-corrected chi connectivity index (χ0v) is 35.1. The smallest absolute Gasteiger partial charge is 0.303 e. The number of carbonyl (C=O) groups is 9. The van der Waals surface area contributed by atoms with Crippen molar-refractivity contribution in [3.8, 4) is 0 Å². The van der Waals surface area contributed by atoms with E-state index in [1.807, 2.05) is 20.1 Å². The first kappa shape index (κ1) is 50.2. The number of thioether (sulfide) groups is 1. The van der Waals surface area contributed by atoms with Crippen LogP contribution in [-0.4, -0.2) is 124 Å². The molecule has 0 heterocycles. The molecule has 0 fully saturated rings. The second-order valence-electron chi connectivity index (χ2n) is 14.6. The Bertz CT molecular complexity index is 1780. The quantitative estimate of drug-likeness (QED) is 0.0605. The SMILES string of the molecule is CSCC[C@H](NC(=O)[C@H](CC(C)C)NC(=O)CNC(=O)[C@H](Cc1ccccc1)N(C)C(=O)[C@H](Cc1ccccc1)NC(=O)[C@@H](CCC(=O)O)NC(=O)CCC(=O)O)C(N)=O. The van der Waals surface area contributed by atoms with Crippen LogP contribution in [0.3, 0.4) is 0 Å². The van der Waals surface area contributed by atoms with Crippen LogP contribution < -0.4 is 32.3 Å². The fraction of sp³-hybridized carbons (Fsp3) is 0.488. The molecule has 5 atom stereocenters. The lowest BCUT2D eigenvalue weighted by atomic mass is 10.00. The maximum atomic E-state index is 14.4. The number of rotatable bonds is 27. The molecule has 0 aliphatic carbocycles. The van der Waals surface area contributed by atoms with Crippen LogP contribution in [0.15, 0.2) is 60.7 Å². The molecule has 0 aliphatic heterocycles. The highest BCUT2D eigenvalue weighted by atomic mass is 32.2. The van der Waals surface area contributed by atoms with Crippen LogP contribution >= 0.6 is 11.8 Å². The Labute approximate surface area is 353 Å². The molecule has 0 radical (unpaired) electrons. The van der Waals surface area contributed by atoms with Gasteiger partial charge in [-0.1, -0.05) is 74.5 Å². The first-order valence-corrected chi connectivity index (χ1v) is 20.8. The van der Waals surface area contributed by atoms with E-state index in [4.69, 9.17) is 10.8 Å². The highest BCUT2D eigenvalue weighted by Crippen LogP contribution is 2.14. The number of nitrogens with zero attached hydrogens (tertiary/aromatic N) is 1. The summed E-state index contributed by atoms with van der Waals surface area (Å²) in [5, 5.41) is 31.0. The highest BCUT2D eigenvalue weighted by Gasteiger charge is 2.35. The van der Waals surface area contributed by atoms with E-state index in [1.54, 1.807) is 60.7 Å². The number of hydrogen-bond donors (Lipinski definition) is 8. The van der Waals surface area contributed by atoms with Crippen molar-refractivity contribution in [3.63, 3.8) is 0 Å². The molecule has 0 aliphatic rings. The van der Waals surface area contributed by atoms with Gasteiger partial charge in [-0.2, -0.15) is 11.8 Å². The number of carboxylic acids is 2. The molecule has 0 spiro atoms. The van der Waals surface area contributed by atoms with Gasteiger partial charge in [0.25, 0.3) is 0 Å². The number of nitrogens with two attached hydrogens (primary N) is 1. The summed E-state index contributed by atoms with van der Waals surface area (Å²) in [4.78, 5) is 117. The Morgan fingerprint density at radius 2 is 1.18 bits per heavy atom. The van der Waals surface area contributed by atoms with Crippen LogP contribution in [0, 0.1) is 5.92 Å². The normalized spacial score (nSPS) is 13.3. The van der Waals surface area contributed by atoms with Gasteiger partial charge in [-0.3, -0.25) is 43.2 Å². The van der Waals surface area contributed by atoms with Crippen molar-refractivity contribution >= 4 is 65.1 Å². The predicted octanol–water partition coefficient (Wildman–Crippen LogP) is 0.368. The minimum Gasteiger partial charge on any atom is -0.481 e. The van der Waals surface area contributed by atoms with Crippen LogP contribution in [0.1, 0.15) is 63.5 Å². The van der Waals surface area contributed by atoms with Crippen molar-refractivity contribution in [2.45, 2.75) is 95.4 Å². The molecule has 328 valence electrons. The van der Waals surface area contributed by atoms with Gasteiger partial charge in [0.05, 0.1) is 13.0 Å². The third kappa shape index (κ3) is 18.7. The zero-order chi connectivity index (χ0) is 44.8. The van der Waals surface area contributed by atoms with Gasteiger partial charge < -0.3 is 47.4 Å². The molecule has 2 rings (SSSR count). The summed E-state index contributed by atoms with van der Waals surface area (Å²) in [7, 11) is 1.35. The Balaban J connectivity index is 2.37. The molecule has 60 heavy (non-hydrogen) atoms. The van der Waals surface area contributed by atoms with E-state index in [-0.39, 0.29) is 31.6 Å². The van der Waals surface area contributed by atoms with E-state index >= 15 is 0 Å². The average molecular weight is 856 g/mol. The zero-order valence-electron chi connectivity index (χ0n) is 34.3. The van der Waals surface area contributed by atoms with E-state index < -0.39 is 109 Å². The Hall–Kier alpha value is -5.98. The van der Waals surface area contributed by atoms with Crippen molar-refractivity contribution in [3.05, 3.63) is 71.8 Å². The summed E-state index contributed by atoms with van der Waals surface area (Å²) >= 11 is 1.47. The van der Waals surface area contributed by atoms with E-state index in [2.05, 4.69) is 26.6 Å². The van der Waals surface area contributed by atoms with E-state index in [9.17, 15) is 48.3 Å². The Morgan fingerprint density at radius 3 is 1.72 bits per heavy atom. The third-order valence-electron chi connectivity index (χ3n) is 9.20. The summed E-state index contributed by atoms with van der Waals surface area (Å²) in [6.07, 6.45) is 0.340. The lowest BCUT2D eigenvalue weighted by molar-refractivity contribution is -0.142. The predicted molar refractivity (Wildman–Crippen MR) is 223 cm³/mol. The van der Waals surface area contributed by atoms with Gasteiger partial charge in [-0.15, -0.1) is 0 Å². The van der Waals surface area contributed by atoms with Crippen molar-refractivity contribution in [1.82, 2.24) is 31.5 Å². The maximum absolute atomic E-state index is 14.4. The number of nitrogens with one attached hydrogen (secondary N) is 5. The van der Waals surface area contributed by atoms with E-state index in [1.165, 1.54) is 18.8 Å². The third-order valence-corrected chi connectivity index (χ3v) is 9.85. The summed E-state index contributed by atoms with van der Waals surface area (Å²) in [5.41, 5.74) is 6.76. The van der Waals surface area contributed by atoms with Crippen LogP contribution in [0.2, 0.25) is 0 Å². The van der Waals surface area contributed by atoms with E-state index in [0.717, 1.165) is 4.90 Å². The van der Waals surface area contributed by atoms with Crippen LogP contribution in [0.5, 0.6) is 0 Å². The lowest BCUT2D eigenvalue weighted by Gasteiger charge is -2.32. The molecule has 2 aromatic rings. The summed E-state index contributed by atoms with van der Waals surface area (Å²) in [6, 6.07) is 11.3. The van der Waals surface area contributed by atoms with Crippen LogP contribution in [-0.2, 0) is 56.0 Å². The molecular weight excluding hydrogens is 799 g/mol. The number of likely N-dealkylation sites (N-methyl/N-ethyl adjacent to an activating group) is 1.